The summed E-state index contributed by atoms with van der Waals surface area (Å²) in [5, 5.41) is 17.1. The molecule has 28 heavy (non-hydrogen) atoms. The predicted octanol–water partition coefficient (Wildman–Crippen LogP) is 3.99. The first-order valence-corrected chi connectivity index (χ1v) is 9.32. The van der Waals surface area contributed by atoms with Gasteiger partial charge in [0.15, 0.2) is 0 Å². The zero-order valence-corrected chi connectivity index (χ0v) is 16.1. The van der Waals surface area contributed by atoms with Crippen LogP contribution in [0.4, 0.5) is 0 Å². The first-order chi connectivity index (χ1) is 13.5. The molecule has 6 nitrogen and oxygen atoms in total. The lowest BCUT2D eigenvalue weighted by Crippen LogP contribution is -2.32. The molecule has 1 aliphatic rings. The molecule has 1 aromatic heterocycles. The Morgan fingerprint density at radius 2 is 1.82 bits per heavy atom. The van der Waals surface area contributed by atoms with E-state index in [1.165, 1.54) is 0 Å². The van der Waals surface area contributed by atoms with Crippen molar-refractivity contribution in [3.8, 4) is 22.8 Å². The maximum absolute atomic E-state index is 13.1. The van der Waals surface area contributed by atoms with Crippen LogP contribution in [0.3, 0.4) is 0 Å². The van der Waals surface area contributed by atoms with Crippen LogP contribution in [0.15, 0.2) is 48.5 Å². The van der Waals surface area contributed by atoms with E-state index in [1.54, 1.807) is 19.2 Å². The van der Waals surface area contributed by atoms with E-state index >= 15 is 0 Å². The third-order valence-electron chi connectivity index (χ3n) is 5.00. The SMILES string of the molecule is COc1ccc(-c2n[nH]c3c2C(c2ccc(O)cc2)N(CC(C)C)C3=O)cc1. The monoisotopic (exact) mass is 377 g/mol. The first-order valence-electron chi connectivity index (χ1n) is 9.32. The van der Waals surface area contributed by atoms with Crippen LogP contribution in [0, 0.1) is 5.92 Å². The van der Waals surface area contributed by atoms with E-state index in [1.807, 2.05) is 41.3 Å². The number of H-pyrrole nitrogens is 1. The Balaban J connectivity index is 1.85. The molecule has 1 aliphatic heterocycles. The van der Waals surface area contributed by atoms with Crippen LogP contribution in [-0.2, 0) is 0 Å². The van der Waals surface area contributed by atoms with Gasteiger partial charge in [-0.15, -0.1) is 0 Å². The molecule has 2 heterocycles. The van der Waals surface area contributed by atoms with Gasteiger partial charge in [0.05, 0.1) is 18.8 Å². The van der Waals surface area contributed by atoms with Crippen molar-refractivity contribution < 1.29 is 14.6 Å². The normalized spacial score (nSPS) is 15.9. The van der Waals surface area contributed by atoms with Crippen molar-refractivity contribution >= 4 is 5.91 Å². The molecular formula is C22H23N3O3. The average molecular weight is 377 g/mol. The number of phenolic OH excluding ortho intramolecular Hbond substituents is 1. The maximum atomic E-state index is 13.1. The fraction of sp³-hybridized carbons (Fsp3) is 0.273. The number of fused-ring (bicyclic) bond motifs is 1. The molecule has 0 fully saturated rings. The average Bonchev–Trinajstić information content (AvgIpc) is 3.22. The van der Waals surface area contributed by atoms with Gasteiger partial charge in [-0.1, -0.05) is 26.0 Å². The van der Waals surface area contributed by atoms with Gasteiger partial charge < -0.3 is 14.7 Å². The molecule has 144 valence electrons. The summed E-state index contributed by atoms with van der Waals surface area (Å²) < 4.78 is 5.24. The van der Waals surface area contributed by atoms with Crippen LogP contribution < -0.4 is 4.74 Å². The third kappa shape index (κ3) is 3.01. The van der Waals surface area contributed by atoms with Crippen molar-refractivity contribution in [1.82, 2.24) is 15.1 Å². The van der Waals surface area contributed by atoms with Gasteiger partial charge in [0.2, 0.25) is 0 Å². The van der Waals surface area contributed by atoms with Crippen molar-refractivity contribution in [1.29, 1.82) is 0 Å². The fourth-order valence-electron chi connectivity index (χ4n) is 3.75. The number of carbonyl (C=O) groups excluding carboxylic acids is 1. The van der Waals surface area contributed by atoms with Crippen LogP contribution in [0.2, 0.25) is 0 Å². The van der Waals surface area contributed by atoms with Crippen LogP contribution in [0.1, 0.15) is 41.5 Å². The van der Waals surface area contributed by atoms with Crippen molar-refractivity contribution in [2.24, 2.45) is 5.92 Å². The number of nitrogens with zero attached hydrogens (tertiary/aromatic N) is 2. The summed E-state index contributed by atoms with van der Waals surface area (Å²) in [4.78, 5) is 15.0. The lowest BCUT2D eigenvalue weighted by Gasteiger charge is -2.28. The Kier molecular flexibility index (Phi) is 4.55. The second-order valence-corrected chi connectivity index (χ2v) is 7.43. The zero-order chi connectivity index (χ0) is 19.8. The van der Waals surface area contributed by atoms with Gasteiger partial charge in [0.25, 0.3) is 5.91 Å². The van der Waals surface area contributed by atoms with Crippen molar-refractivity contribution in [3.05, 3.63) is 65.4 Å². The quantitative estimate of drug-likeness (QED) is 0.705. The van der Waals surface area contributed by atoms with Crippen molar-refractivity contribution in [3.63, 3.8) is 0 Å². The largest absolute Gasteiger partial charge is 0.508 e. The Morgan fingerprint density at radius 1 is 1.14 bits per heavy atom. The predicted molar refractivity (Wildman–Crippen MR) is 106 cm³/mol. The summed E-state index contributed by atoms with van der Waals surface area (Å²) in [5.74, 6) is 1.24. The molecule has 6 heteroatoms. The highest BCUT2D eigenvalue weighted by molar-refractivity contribution is 6.00. The highest BCUT2D eigenvalue weighted by Crippen LogP contribution is 2.43. The van der Waals surface area contributed by atoms with Crippen LogP contribution in [-0.4, -0.2) is 39.8 Å². The van der Waals surface area contributed by atoms with Gasteiger partial charge in [-0.2, -0.15) is 5.10 Å². The fourth-order valence-corrected chi connectivity index (χ4v) is 3.75. The van der Waals surface area contributed by atoms with Gasteiger partial charge in [-0.05, 0) is 47.9 Å². The van der Waals surface area contributed by atoms with E-state index in [0.29, 0.717) is 18.2 Å². The molecule has 3 aromatic rings. The van der Waals surface area contributed by atoms with Gasteiger partial charge >= 0.3 is 0 Å². The van der Waals surface area contributed by atoms with E-state index in [4.69, 9.17) is 4.74 Å². The molecule has 1 amide bonds. The highest BCUT2D eigenvalue weighted by atomic mass is 16.5. The molecule has 0 radical (unpaired) electrons. The molecule has 0 saturated heterocycles. The number of phenols is 1. The Bertz CT molecular complexity index is 991. The maximum Gasteiger partial charge on any atom is 0.273 e. The number of hydrogen-bond donors (Lipinski definition) is 2. The third-order valence-corrected chi connectivity index (χ3v) is 5.00. The van der Waals surface area contributed by atoms with Gasteiger partial charge in [0.1, 0.15) is 17.2 Å². The highest BCUT2D eigenvalue weighted by Gasteiger charge is 2.42. The number of rotatable bonds is 5. The van der Waals surface area contributed by atoms with Gasteiger partial charge in [0, 0.05) is 17.7 Å². The number of benzene rings is 2. The minimum atomic E-state index is -0.249. The lowest BCUT2D eigenvalue weighted by atomic mass is 9.95. The van der Waals surface area contributed by atoms with E-state index < -0.39 is 0 Å². The van der Waals surface area contributed by atoms with Crippen LogP contribution in [0.25, 0.3) is 11.3 Å². The Morgan fingerprint density at radius 3 is 2.43 bits per heavy atom. The molecule has 2 N–H and O–H groups in total. The zero-order valence-electron chi connectivity index (χ0n) is 16.1. The second kappa shape index (κ2) is 7.03. The molecule has 0 spiro atoms. The molecule has 0 bridgehead atoms. The number of carbonyl (C=O) groups is 1. The van der Waals surface area contributed by atoms with Crippen LogP contribution in [0.5, 0.6) is 11.5 Å². The first kappa shape index (κ1) is 18.1. The second-order valence-electron chi connectivity index (χ2n) is 7.43. The topological polar surface area (TPSA) is 78.5 Å². The summed E-state index contributed by atoms with van der Waals surface area (Å²) in [5.41, 5.74) is 4.03. The van der Waals surface area contributed by atoms with Crippen LogP contribution >= 0.6 is 0 Å². The van der Waals surface area contributed by atoms with E-state index in [2.05, 4.69) is 24.0 Å². The van der Waals surface area contributed by atoms with Crippen molar-refractivity contribution in [2.75, 3.05) is 13.7 Å². The van der Waals surface area contributed by atoms with E-state index in [-0.39, 0.29) is 17.7 Å². The molecule has 0 saturated carbocycles. The molecule has 0 aliphatic carbocycles. The lowest BCUT2D eigenvalue weighted by molar-refractivity contribution is 0.0722. The number of amides is 1. The summed E-state index contributed by atoms with van der Waals surface area (Å²) in [6.45, 7) is 4.82. The molecule has 4 rings (SSSR count). The number of aromatic nitrogens is 2. The number of ether oxygens (including phenoxy) is 1. The van der Waals surface area contributed by atoms with Crippen molar-refractivity contribution in [2.45, 2.75) is 19.9 Å². The minimum Gasteiger partial charge on any atom is -0.508 e. The Labute approximate surface area is 163 Å². The van der Waals surface area contributed by atoms with E-state index in [0.717, 1.165) is 28.1 Å². The minimum absolute atomic E-state index is 0.0472. The van der Waals surface area contributed by atoms with E-state index in [9.17, 15) is 9.90 Å². The summed E-state index contributed by atoms with van der Waals surface area (Å²) in [7, 11) is 1.63. The number of methoxy groups -OCH3 is 1. The number of aromatic amines is 1. The summed E-state index contributed by atoms with van der Waals surface area (Å²) >= 11 is 0. The summed E-state index contributed by atoms with van der Waals surface area (Å²) in [6.07, 6.45) is 0. The number of aromatic hydroxyl groups is 1. The molecule has 1 atom stereocenters. The molecular weight excluding hydrogens is 354 g/mol. The standard InChI is InChI=1S/C22H23N3O3/c1-13(2)12-25-21(15-4-8-16(26)9-5-15)18-19(23-24-20(18)22(25)27)14-6-10-17(28-3)11-7-14/h4-11,13,21,26H,12H2,1-3H3,(H,23,24). The molecule has 2 aromatic carbocycles. The Hall–Kier alpha value is -3.28. The number of nitrogens with one attached hydrogen (secondary N) is 1. The smallest absolute Gasteiger partial charge is 0.273 e. The summed E-state index contributed by atoms with van der Waals surface area (Å²) in [6, 6.07) is 14.4. The molecule has 1 unspecified atom stereocenters. The number of hydrogen-bond acceptors (Lipinski definition) is 4. The van der Waals surface area contributed by atoms with Gasteiger partial charge in [-0.3, -0.25) is 9.89 Å². The van der Waals surface area contributed by atoms with Gasteiger partial charge in [-0.25, -0.2) is 0 Å².